The van der Waals surface area contributed by atoms with Gasteiger partial charge in [0.1, 0.15) is 0 Å². The molecule has 2 N–H and O–H groups in total. The second-order valence-electron chi connectivity index (χ2n) is 6.91. The summed E-state index contributed by atoms with van der Waals surface area (Å²) in [6.45, 7) is 0. The van der Waals surface area contributed by atoms with E-state index in [1.807, 2.05) is 30.3 Å². The number of oxime groups is 1. The Balaban J connectivity index is 1.60. The van der Waals surface area contributed by atoms with Gasteiger partial charge in [0.15, 0.2) is 11.3 Å². The third-order valence-electron chi connectivity index (χ3n) is 5.21. The van der Waals surface area contributed by atoms with E-state index in [0.29, 0.717) is 16.9 Å². The molecule has 0 bridgehead atoms. The number of nitriles is 1. The van der Waals surface area contributed by atoms with Crippen molar-refractivity contribution < 1.29 is 9.62 Å². The lowest BCUT2D eigenvalue weighted by atomic mass is 10.1. The van der Waals surface area contributed by atoms with Gasteiger partial charge >= 0.3 is 0 Å². The number of hydrogen-bond donors (Lipinski definition) is 2. The molecule has 5 rings (SSSR count). The smallest absolute Gasteiger partial charge is 0.158 e. The molecule has 0 radical (unpaired) electrons. The second-order valence-corrected chi connectivity index (χ2v) is 6.91. The van der Waals surface area contributed by atoms with Gasteiger partial charge in [0.25, 0.3) is 0 Å². The minimum atomic E-state index is 0.598. The summed E-state index contributed by atoms with van der Waals surface area (Å²) in [6, 6.07) is 17.4. The molecule has 0 saturated carbocycles. The summed E-state index contributed by atoms with van der Waals surface area (Å²) in [6.07, 6.45) is 5.02. The number of fused-ring (bicyclic) bond motifs is 2. The molecular weight excluding hydrogens is 364 g/mol. The van der Waals surface area contributed by atoms with E-state index in [9.17, 15) is 0 Å². The van der Waals surface area contributed by atoms with Crippen LogP contribution in [0, 0.1) is 11.3 Å². The minimum Gasteiger partial charge on any atom is -0.452 e. The lowest BCUT2D eigenvalue weighted by molar-refractivity contribution is 0.318. The van der Waals surface area contributed by atoms with E-state index < -0.39 is 0 Å². The van der Waals surface area contributed by atoms with E-state index in [1.54, 1.807) is 24.5 Å². The van der Waals surface area contributed by atoms with Crippen LogP contribution in [0.3, 0.4) is 0 Å². The first-order valence-electron chi connectivity index (χ1n) is 9.25. The molecule has 29 heavy (non-hydrogen) atoms. The van der Waals surface area contributed by atoms with Crippen molar-refractivity contribution >= 4 is 28.1 Å². The van der Waals surface area contributed by atoms with Crippen molar-refractivity contribution in [1.82, 2.24) is 4.98 Å². The Labute approximate surface area is 166 Å². The van der Waals surface area contributed by atoms with Crippen LogP contribution < -0.4 is 5.32 Å². The van der Waals surface area contributed by atoms with Gasteiger partial charge < -0.3 is 14.9 Å². The SMILES string of the molecule is N#Cc1ccc(-c2oc3cnccc3c2Nc2ccc3c(c2)CCC3=NO)cc1. The fourth-order valence-corrected chi connectivity index (χ4v) is 3.77. The molecule has 0 spiro atoms. The van der Waals surface area contributed by atoms with Gasteiger partial charge in [0.05, 0.1) is 29.2 Å². The van der Waals surface area contributed by atoms with E-state index in [4.69, 9.17) is 14.9 Å². The van der Waals surface area contributed by atoms with Gasteiger partial charge in [-0.2, -0.15) is 5.26 Å². The average Bonchev–Trinajstić information content (AvgIpc) is 3.35. The molecule has 0 fully saturated rings. The molecule has 1 aliphatic carbocycles. The van der Waals surface area contributed by atoms with Crippen LogP contribution in [0.4, 0.5) is 11.4 Å². The molecule has 0 saturated heterocycles. The highest BCUT2D eigenvalue weighted by Gasteiger charge is 2.20. The molecule has 4 aromatic rings. The number of aromatic nitrogens is 1. The molecular formula is C23H16N4O2. The number of nitrogens with one attached hydrogen (secondary N) is 1. The first-order valence-corrected chi connectivity index (χ1v) is 9.25. The van der Waals surface area contributed by atoms with Crippen LogP contribution in [0.15, 0.2) is 70.5 Å². The summed E-state index contributed by atoms with van der Waals surface area (Å²) < 4.78 is 6.10. The van der Waals surface area contributed by atoms with Crippen LogP contribution in [0.5, 0.6) is 0 Å². The molecule has 0 aliphatic heterocycles. The van der Waals surface area contributed by atoms with E-state index in [-0.39, 0.29) is 0 Å². The Morgan fingerprint density at radius 1 is 1.10 bits per heavy atom. The average molecular weight is 380 g/mol. The predicted molar refractivity (Wildman–Crippen MR) is 111 cm³/mol. The van der Waals surface area contributed by atoms with Gasteiger partial charge in [0.2, 0.25) is 0 Å². The molecule has 0 amide bonds. The molecule has 2 heterocycles. The number of aryl methyl sites for hydroxylation is 1. The van der Waals surface area contributed by atoms with Gasteiger partial charge in [-0.3, -0.25) is 4.98 Å². The van der Waals surface area contributed by atoms with Crippen molar-refractivity contribution in [3.8, 4) is 17.4 Å². The third kappa shape index (κ3) is 2.89. The van der Waals surface area contributed by atoms with Crippen molar-refractivity contribution in [2.24, 2.45) is 5.16 Å². The summed E-state index contributed by atoms with van der Waals surface area (Å²) in [5.41, 5.74) is 6.80. The fraction of sp³-hybridized carbons (Fsp3) is 0.0870. The van der Waals surface area contributed by atoms with E-state index in [1.165, 1.54) is 0 Å². The van der Waals surface area contributed by atoms with Crippen LogP contribution in [0.25, 0.3) is 22.3 Å². The summed E-state index contributed by atoms with van der Waals surface area (Å²) in [4.78, 5) is 4.16. The fourth-order valence-electron chi connectivity index (χ4n) is 3.77. The van der Waals surface area contributed by atoms with Gasteiger partial charge in [-0.1, -0.05) is 11.2 Å². The summed E-state index contributed by atoms with van der Waals surface area (Å²) >= 11 is 0. The number of benzene rings is 2. The Morgan fingerprint density at radius 2 is 1.97 bits per heavy atom. The maximum atomic E-state index is 9.14. The summed E-state index contributed by atoms with van der Waals surface area (Å²) in [5, 5.41) is 26.0. The molecule has 2 aromatic carbocycles. The van der Waals surface area contributed by atoms with Gasteiger partial charge in [-0.05, 0) is 60.9 Å². The maximum Gasteiger partial charge on any atom is 0.158 e. The van der Waals surface area contributed by atoms with E-state index in [2.05, 4.69) is 27.6 Å². The number of nitrogens with zero attached hydrogens (tertiary/aromatic N) is 3. The van der Waals surface area contributed by atoms with Gasteiger partial charge in [0, 0.05) is 28.4 Å². The summed E-state index contributed by atoms with van der Waals surface area (Å²) in [7, 11) is 0. The van der Waals surface area contributed by atoms with E-state index >= 15 is 0 Å². The zero-order valence-corrected chi connectivity index (χ0v) is 15.4. The number of rotatable bonds is 3. The molecule has 2 aromatic heterocycles. The minimum absolute atomic E-state index is 0.598. The van der Waals surface area contributed by atoms with Gasteiger partial charge in [-0.15, -0.1) is 0 Å². The van der Waals surface area contributed by atoms with Crippen LogP contribution in [-0.2, 0) is 6.42 Å². The van der Waals surface area contributed by atoms with Crippen LogP contribution in [0.1, 0.15) is 23.1 Å². The molecule has 140 valence electrons. The van der Waals surface area contributed by atoms with Crippen molar-refractivity contribution in [3.63, 3.8) is 0 Å². The lowest BCUT2D eigenvalue weighted by Gasteiger charge is -2.10. The normalized spacial score (nSPS) is 14.1. The highest BCUT2D eigenvalue weighted by molar-refractivity contribution is 6.05. The highest BCUT2D eigenvalue weighted by atomic mass is 16.4. The molecule has 6 nitrogen and oxygen atoms in total. The monoisotopic (exact) mass is 380 g/mol. The molecule has 0 atom stereocenters. The Bertz CT molecular complexity index is 1300. The third-order valence-corrected chi connectivity index (χ3v) is 5.21. The Morgan fingerprint density at radius 3 is 2.76 bits per heavy atom. The zero-order valence-electron chi connectivity index (χ0n) is 15.4. The first-order chi connectivity index (χ1) is 14.3. The quantitative estimate of drug-likeness (QED) is 0.375. The van der Waals surface area contributed by atoms with Crippen molar-refractivity contribution in [2.75, 3.05) is 5.32 Å². The molecule has 0 unspecified atom stereocenters. The Kier molecular flexibility index (Phi) is 3.99. The zero-order chi connectivity index (χ0) is 19.8. The van der Waals surface area contributed by atoms with Gasteiger partial charge in [-0.25, -0.2) is 0 Å². The van der Waals surface area contributed by atoms with Crippen LogP contribution in [0.2, 0.25) is 0 Å². The topological polar surface area (TPSA) is 94.4 Å². The standard InChI is InChI=1S/C23H16N4O2/c24-12-14-1-3-15(4-2-14)23-22(19-9-10-25-13-21(19)29-23)26-17-6-7-18-16(11-17)5-8-20(18)27-28/h1-4,6-7,9-11,13,26,28H,5,8H2. The van der Waals surface area contributed by atoms with Crippen LogP contribution >= 0.6 is 0 Å². The van der Waals surface area contributed by atoms with E-state index in [0.717, 1.165) is 52.0 Å². The lowest BCUT2D eigenvalue weighted by Crippen LogP contribution is -1.96. The number of anilines is 2. The second kappa shape index (κ2) is 6.80. The molecule has 6 heteroatoms. The predicted octanol–water partition coefficient (Wildman–Crippen LogP) is 5.23. The highest BCUT2D eigenvalue weighted by Crippen LogP contribution is 2.40. The first kappa shape index (κ1) is 17.0. The maximum absolute atomic E-state index is 9.14. The largest absolute Gasteiger partial charge is 0.452 e. The van der Waals surface area contributed by atoms with Crippen LogP contribution in [-0.4, -0.2) is 15.9 Å². The molecule has 1 aliphatic rings. The van der Waals surface area contributed by atoms with Crippen molar-refractivity contribution in [1.29, 1.82) is 5.26 Å². The van der Waals surface area contributed by atoms with Crippen molar-refractivity contribution in [2.45, 2.75) is 12.8 Å². The number of hydrogen-bond acceptors (Lipinski definition) is 6. The Hall–Kier alpha value is -4.11. The summed E-state index contributed by atoms with van der Waals surface area (Å²) in [5.74, 6) is 0.690. The van der Waals surface area contributed by atoms with Crippen molar-refractivity contribution in [3.05, 3.63) is 77.6 Å². The number of pyridine rings is 1. The number of furan rings is 1.